The second-order valence-corrected chi connectivity index (χ2v) is 11.6. The third-order valence-electron chi connectivity index (χ3n) is 6.70. The number of hydrogen-bond donors (Lipinski definition) is 3. The Morgan fingerprint density at radius 1 is 1.23 bits per heavy atom. The predicted molar refractivity (Wildman–Crippen MR) is 150 cm³/mol. The second kappa shape index (κ2) is 12.0. The molecule has 40 heavy (non-hydrogen) atoms. The zero-order chi connectivity index (χ0) is 29.0. The second-order valence-electron chi connectivity index (χ2n) is 9.99. The van der Waals surface area contributed by atoms with Crippen molar-refractivity contribution in [3.63, 3.8) is 0 Å². The van der Waals surface area contributed by atoms with Crippen LogP contribution in [-0.2, 0) is 17.1 Å². The molecule has 3 aromatic rings. The van der Waals surface area contributed by atoms with Gasteiger partial charge < -0.3 is 29.5 Å². The molecule has 0 saturated carbocycles. The van der Waals surface area contributed by atoms with Crippen molar-refractivity contribution in [1.29, 1.82) is 0 Å². The number of nitrogens with one attached hydrogen (secondary N) is 2. The number of nitrogens with zero attached hydrogens (tertiary/aromatic N) is 4. The number of carbonyl (C=O) groups excluding carboxylic acids is 2. The maximum Gasteiger partial charge on any atom is 0.321 e. The highest BCUT2D eigenvalue weighted by atomic mass is 32.2. The van der Waals surface area contributed by atoms with Crippen LogP contribution in [-0.4, -0.2) is 83.7 Å². The van der Waals surface area contributed by atoms with Crippen LogP contribution in [0.4, 0.5) is 16.2 Å². The highest BCUT2D eigenvalue weighted by molar-refractivity contribution is 7.92. The van der Waals surface area contributed by atoms with E-state index in [4.69, 9.17) is 4.74 Å². The molecule has 0 spiro atoms. The zero-order valence-corrected chi connectivity index (χ0v) is 23.6. The van der Waals surface area contributed by atoms with Crippen LogP contribution >= 0.6 is 0 Å². The fourth-order valence-corrected chi connectivity index (χ4v) is 5.36. The highest BCUT2D eigenvalue weighted by Crippen LogP contribution is 2.31. The lowest BCUT2D eigenvalue weighted by molar-refractivity contribution is 0.0371. The number of aromatic nitrogens is 2. The van der Waals surface area contributed by atoms with Gasteiger partial charge in [0.05, 0.1) is 31.1 Å². The van der Waals surface area contributed by atoms with Crippen molar-refractivity contribution < 1.29 is 27.9 Å². The molecule has 1 aliphatic heterocycles. The number of rotatable bonds is 8. The van der Waals surface area contributed by atoms with Gasteiger partial charge in [0.15, 0.2) is 5.03 Å². The predicted octanol–water partition coefficient (Wildman–Crippen LogP) is 2.60. The summed E-state index contributed by atoms with van der Waals surface area (Å²) in [5.74, 6) is -0.370. The molecule has 4 rings (SSSR count). The van der Waals surface area contributed by atoms with E-state index in [1.165, 1.54) is 40.2 Å². The van der Waals surface area contributed by atoms with E-state index < -0.39 is 28.1 Å². The minimum Gasteiger partial charge on any atom is -0.487 e. The number of likely N-dealkylation sites (N-methyl/N-ethyl adjacent to an activating group) is 1. The van der Waals surface area contributed by atoms with Gasteiger partial charge in [-0.15, -0.1) is 0 Å². The first-order valence-corrected chi connectivity index (χ1v) is 14.3. The number of aryl methyl sites for hydroxylation is 1. The van der Waals surface area contributed by atoms with Gasteiger partial charge in [0.2, 0.25) is 0 Å². The average Bonchev–Trinajstić information content (AvgIpc) is 3.38. The number of sulfonamides is 1. The van der Waals surface area contributed by atoms with Gasteiger partial charge in [-0.3, -0.25) is 9.52 Å². The molecular weight excluding hydrogens is 536 g/mol. The van der Waals surface area contributed by atoms with Crippen LogP contribution in [0.25, 0.3) is 0 Å². The summed E-state index contributed by atoms with van der Waals surface area (Å²) in [7, 11) is -0.684. The van der Waals surface area contributed by atoms with Crippen LogP contribution in [0, 0.1) is 5.92 Å². The Morgan fingerprint density at radius 3 is 2.60 bits per heavy atom. The minimum absolute atomic E-state index is 0.134. The van der Waals surface area contributed by atoms with Crippen LogP contribution in [0.1, 0.15) is 24.2 Å². The summed E-state index contributed by atoms with van der Waals surface area (Å²) in [6.45, 7) is 3.85. The first-order valence-electron chi connectivity index (χ1n) is 12.8. The lowest BCUT2D eigenvalue weighted by Gasteiger charge is -2.38. The Balaban J connectivity index is 1.61. The van der Waals surface area contributed by atoms with Crippen molar-refractivity contribution in [1.82, 2.24) is 19.4 Å². The van der Waals surface area contributed by atoms with E-state index in [1.807, 2.05) is 25.1 Å². The fourth-order valence-electron chi connectivity index (χ4n) is 4.33. The largest absolute Gasteiger partial charge is 0.487 e. The topological polar surface area (TPSA) is 146 Å². The summed E-state index contributed by atoms with van der Waals surface area (Å²) >= 11 is 0. The number of carbonyl (C=O) groups is 2. The van der Waals surface area contributed by atoms with E-state index in [1.54, 1.807) is 38.1 Å². The molecule has 13 heteroatoms. The van der Waals surface area contributed by atoms with Crippen LogP contribution in [0.15, 0.2) is 66.1 Å². The molecule has 3 atom stereocenters. The number of para-hydroxylation sites is 1. The number of anilines is 2. The quantitative estimate of drug-likeness (QED) is 0.377. The molecule has 1 aliphatic rings. The van der Waals surface area contributed by atoms with Crippen LogP contribution in [0.5, 0.6) is 5.75 Å². The Bertz CT molecular complexity index is 1460. The van der Waals surface area contributed by atoms with Crippen molar-refractivity contribution >= 4 is 33.3 Å². The Hall–Kier alpha value is -4.10. The van der Waals surface area contributed by atoms with Gasteiger partial charge in [-0.05, 0) is 37.3 Å². The molecule has 0 radical (unpaired) electrons. The van der Waals surface area contributed by atoms with Crippen molar-refractivity contribution in [2.45, 2.75) is 31.0 Å². The van der Waals surface area contributed by atoms with E-state index in [-0.39, 0.29) is 53.7 Å². The summed E-state index contributed by atoms with van der Waals surface area (Å²) < 4.78 is 35.9. The van der Waals surface area contributed by atoms with Gasteiger partial charge in [-0.1, -0.05) is 25.1 Å². The molecule has 0 unspecified atom stereocenters. The number of imidazole rings is 1. The molecule has 0 fully saturated rings. The van der Waals surface area contributed by atoms with Gasteiger partial charge >= 0.3 is 6.03 Å². The lowest BCUT2D eigenvalue weighted by atomic mass is 9.99. The normalized spacial score (nSPS) is 18.1. The number of amides is 3. The Morgan fingerprint density at radius 2 is 1.95 bits per heavy atom. The monoisotopic (exact) mass is 570 g/mol. The number of hydrogen-bond acceptors (Lipinski definition) is 7. The summed E-state index contributed by atoms with van der Waals surface area (Å²) in [5.41, 5.74) is 0.947. The van der Waals surface area contributed by atoms with Crippen molar-refractivity contribution in [2.24, 2.45) is 13.0 Å². The van der Waals surface area contributed by atoms with E-state index in [0.717, 1.165) is 0 Å². The van der Waals surface area contributed by atoms with Gasteiger partial charge in [-0.2, -0.15) is 8.42 Å². The van der Waals surface area contributed by atoms with Gasteiger partial charge in [0.25, 0.3) is 15.9 Å². The molecule has 0 aliphatic carbocycles. The van der Waals surface area contributed by atoms with E-state index in [0.29, 0.717) is 5.69 Å². The Labute approximate surface area is 233 Å². The highest BCUT2D eigenvalue weighted by Gasteiger charge is 2.34. The third kappa shape index (κ3) is 6.54. The van der Waals surface area contributed by atoms with E-state index >= 15 is 0 Å². The maximum atomic E-state index is 13.6. The first kappa shape index (κ1) is 28.9. The lowest BCUT2D eigenvalue weighted by Crippen LogP contribution is -2.50. The number of ether oxygens (including phenoxy) is 1. The third-order valence-corrected chi connectivity index (χ3v) is 7.97. The molecule has 3 amide bonds. The van der Waals surface area contributed by atoms with Crippen molar-refractivity contribution in [3.05, 3.63) is 66.6 Å². The zero-order valence-electron chi connectivity index (χ0n) is 22.8. The summed E-state index contributed by atoms with van der Waals surface area (Å²) in [6.07, 6.45) is 2.23. The SMILES string of the molecule is C[C@@H]1CN([C@H](C)CO)C(=O)c2cc(NS(=O)(=O)c3cn(C)cn3)ccc2O[C@@H]1CN(C)C(=O)Nc1ccccc1. The standard InChI is InChI=1S/C27H34N6O6S/c1-18-13-33(19(2)16-34)26(35)22-12-21(30-40(37,38)25-15-31(3)17-28-25)10-11-23(22)39-24(18)14-32(4)27(36)29-20-8-6-5-7-9-20/h5-12,15,17-19,24,30,34H,13-14,16H2,1-4H3,(H,29,36)/t18-,19-,24-/m1/s1. The number of fused-ring (bicyclic) bond motifs is 1. The molecule has 0 saturated heterocycles. The molecule has 12 nitrogen and oxygen atoms in total. The molecule has 0 bridgehead atoms. The van der Waals surface area contributed by atoms with E-state index in [9.17, 15) is 23.1 Å². The molecule has 3 N–H and O–H groups in total. The van der Waals surface area contributed by atoms with Crippen LogP contribution < -0.4 is 14.8 Å². The fraction of sp³-hybridized carbons (Fsp3) is 0.370. The number of aliphatic hydroxyl groups excluding tert-OH is 1. The number of benzene rings is 2. The number of urea groups is 1. The van der Waals surface area contributed by atoms with Gasteiger partial charge in [0, 0.05) is 44.1 Å². The Kier molecular flexibility index (Phi) is 8.64. The average molecular weight is 571 g/mol. The summed E-state index contributed by atoms with van der Waals surface area (Å²) in [4.78, 5) is 33.4. The van der Waals surface area contributed by atoms with Gasteiger partial charge in [-0.25, -0.2) is 9.78 Å². The summed E-state index contributed by atoms with van der Waals surface area (Å²) in [5, 5.41) is 12.6. The first-order chi connectivity index (χ1) is 19.0. The van der Waals surface area contributed by atoms with Crippen LogP contribution in [0.2, 0.25) is 0 Å². The maximum absolute atomic E-state index is 13.6. The van der Waals surface area contributed by atoms with Crippen molar-refractivity contribution in [3.8, 4) is 5.75 Å². The summed E-state index contributed by atoms with van der Waals surface area (Å²) in [6, 6.07) is 12.7. The molecular formula is C27H34N6O6S. The molecule has 2 heterocycles. The smallest absolute Gasteiger partial charge is 0.321 e. The molecule has 1 aromatic heterocycles. The minimum atomic E-state index is -4.00. The molecule has 2 aromatic carbocycles. The van der Waals surface area contributed by atoms with Crippen molar-refractivity contribution in [2.75, 3.05) is 36.8 Å². The van der Waals surface area contributed by atoms with E-state index in [2.05, 4.69) is 15.0 Å². The van der Waals surface area contributed by atoms with Gasteiger partial charge in [0.1, 0.15) is 11.9 Å². The van der Waals surface area contributed by atoms with Crippen LogP contribution in [0.3, 0.4) is 0 Å². The number of aliphatic hydroxyl groups is 1. The molecule has 214 valence electrons.